The zero-order valence-corrected chi connectivity index (χ0v) is 13.8. The summed E-state index contributed by atoms with van der Waals surface area (Å²) >= 11 is 0. The molecule has 6 nitrogen and oxygen atoms in total. The third kappa shape index (κ3) is 3.94. The van der Waals surface area contributed by atoms with Crippen molar-refractivity contribution in [2.24, 2.45) is 0 Å². The van der Waals surface area contributed by atoms with E-state index in [0.29, 0.717) is 5.56 Å². The SMILES string of the molecule is CC(c1ccc(F)cc1)N(C)S(=O)(=O)CCN1C(=O)CCC1=O. The number of hydrogen-bond donors (Lipinski definition) is 0. The Bertz CT molecular complexity index is 687. The fourth-order valence-electron chi connectivity index (χ4n) is 2.42. The van der Waals surface area contributed by atoms with Crippen LogP contribution in [0.25, 0.3) is 0 Å². The lowest BCUT2D eigenvalue weighted by Gasteiger charge is -2.25. The molecule has 0 spiro atoms. The van der Waals surface area contributed by atoms with Crippen molar-refractivity contribution in [1.29, 1.82) is 0 Å². The molecule has 1 aliphatic rings. The summed E-state index contributed by atoms with van der Waals surface area (Å²) in [6.45, 7) is 1.55. The summed E-state index contributed by atoms with van der Waals surface area (Å²) in [5.74, 6) is -1.39. The van der Waals surface area contributed by atoms with Crippen molar-refractivity contribution in [3.05, 3.63) is 35.6 Å². The van der Waals surface area contributed by atoms with Gasteiger partial charge in [-0.2, -0.15) is 4.31 Å². The Balaban J connectivity index is 2.04. The van der Waals surface area contributed by atoms with E-state index in [1.54, 1.807) is 6.92 Å². The van der Waals surface area contributed by atoms with Crippen molar-refractivity contribution in [1.82, 2.24) is 9.21 Å². The van der Waals surface area contributed by atoms with E-state index in [1.165, 1.54) is 35.6 Å². The average molecular weight is 342 g/mol. The third-order valence-electron chi connectivity index (χ3n) is 4.06. The molecule has 1 fully saturated rings. The van der Waals surface area contributed by atoms with Gasteiger partial charge in [0.05, 0.1) is 5.75 Å². The molecule has 2 amide bonds. The lowest BCUT2D eigenvalue weighted by Crippen LogP contribution is -2.38. The quantitative estimate of drug-likeness (QED) is 0.730. The Morgan fingerprint density at radius 2 is 1.70 bits per heavy atom. The van der Waals surface area contributed by atoms with Crippen LogP contribution in [0.15, 0.2) is 24.3 Å². The molecule has 0 saturated carbocycles. The fraction of sp³-hybridized carbons (Fsp3) is 0.467. The van der Waals surface area contributed by atoms with E-state index in [-0.39, 0.29) is 37.0 Å². The molecular weight excluding hydrogens is 323 g/mol. The highest BCUT2D eigenvalue weighted by atomic mass is 32.2. The standard InChI is InChI=1S/C15H19FN2O4S/c1-11(12-3-5-13(16)6-4-12)17(2)23(21,22)10-9-18-14(19)7-8-15(18)20/h3-6,11H,7-10H2,1-2H3. The van der Waals surface area contributed by atoms with E-state index in [0.717, 1.165) is 4.90 Å². The van der Waals surface area contributed by atoms with Crippen LogP contribution >= 0.6 is 0 Å². The Labute approximate surface area is 134 Å². The molecule has 0 bridgehead atoms. The second-order valence-electron chi connectivity index (χ2n) is 5.50. The Kier molecular flexibility index (Phi) is 5.16. The molecule has 1 aromatic carbocycles. The summed E-state index contributed by atoms with van der Waals surface area (Å²) in [6, 6.07) is 5.12. The van der Waals surface area contributed by atoms with Crippen LogP contribution in [-0.2, 0) is 19.6 Å². The molecule has 0 N–H and O–H groups in total. The normalized spacial score (nSPS) is 17.1. The molecule has 1 atom stereocenters. The number of sulfonamides is 1. The first-order valence-corrected chi connectivity index (χ1v) is 8.87. The minimum Gasteiger partial charge on any atom is -0.282 e. The summed E-state index contributed by atoms with van der Waals surface area (Å²) in [5.41, 5.74) is 0.658. The van der Waals surface area contributed by atoms with Gasteiger partial charge in [-0.05, 0) is 24.6 Å². The smallest absolute Gasteiger partial charge is 0.229 e. The van der Waals surface area contributed by atoms with Gasteiger partial charge in [0.1, 0.15) is 5.82 Å². The summed E-state index contributed by atoms with van der Waals surface area (Å²) in [4.78, 5) is 24.0. The van der Waals surface area contributed by atoms with Gasteiger partial charge < -0.3 is 0 Å². The minimum absolute atomic E-state index is 0.138. The maximum atomic E-state index is 13.0. The Morgan fingerprint density at radius 3 is 2.22 bits per heavy atom. The zero-order valence-electron chi connectivity index (χ0n) is 13.0. The van der Waals surface area contributed by atoms with Gasteiger partial charge in [0.2, 0.25) is 21.8 Å². The molecule has 1 aromatic rings. The highest BCUT2D eigenvalue weighted by molar-refractivity contribution is 7.89. The number of carbonyl (C=O) groups excluding carboxylic acids is 2. The molecule has 0 aliphatic carbocycles. The van der Waals surface area contributed by atoms with Crippen LogP contribution in [0.2, 0.25) is 0 Å². The topological polar surface area (TPSA) is 74.8 Å². The van der Waals surface area contributed by atoms with Crippen LogP contribution < -0.4 is 0 Å². The summed E-state index contributed by atoms with van der Waals surface area (Å²) in [7, 11) is -2.23. The second kappa shape index (κ2) is 6.76. The van der Waals surface area contributed by atoms with Crippen molar-refractivity contribution in [2.45, 2.75) is 25.8 Å². The predicted octanol–water partition coefficient (Wildman–Crippen LogP) is 1.30. The molecule has 1 aliphatic heterocycles. The third-order valence-corrected chi connectivity index (χ3v) is 5.96. The van der Waals surface area contributed by atoms with Crippen molar-refractivity contribution >= 4 is 21.8 Å². The maximum Gasteiger partial charge on any atom is 0.229 e. The number of nitrogens with zero attached hydrogens (tertiary/aromatic N) is 2. The molecule has 1 heterocycles. The Morgan fingerprint density at radius 1 is 1.17 bits per heavy atom. The van der Waals surface area contributed by atoms with E-state index < -0.39 is 21.9 Å². The molecule has 0 radical (unpaired) electrons. The molecule has 1 saturated heterocycles. The van der Waals surface area contributed by atoms with Crippen molar-refractivity contribution < 1.29 is 22.4 Å². The van der Waals surface area contributed by atoms with Gasteiger partial charge in [-0.3, -0.25) is 14.5 Å². The highest BCUT2D eigenvalue weighted by Gasteiger charge is 2.31. The van der Waals surface area contributed by atoms with Crippen LogP contribution in [0.5, 0.6) is 0 Å². The Hall–Kier alpha value is -1.80. The molecular formula is C15H19FN2O4S. The second-order valence-corrected chi connectivity index (χ2v) is 7.65. The molecule has 1 unspecified atom stereocenters. The number of likely N-dealkylation sites (tertiary alicyclic amines) is 1. The monoisotopic (exact) mass is 342 g/mol. The van der Waals surface area contributed by atoms with Crippen LogP contribution in [0.1, 0.15) is 31.4 Å². The first-order valence-electron chi connectivity index (χ1n) is 7.27. The number of halogens is 1. The largest absolute Gasteiger partial charge is 0.282 e. The van der Waals surface area contributed by atoms with Crippen molar-refractivity contribution in [3.63, 3.8) is 0 Å². The van der Waals surface area contributed by atoms with E-state index in [4.69, 9.17) is 0 Å². The zero-order chi connectivity index (χ0) is 17.2. The first kappa shape index (κ1) is 17.6. The molecule has 126 valence electrons. The van der Waals surface area contributed by atoms with Gasteiger partial charge >= 0.3 is 0 Å². The summed E-state index contributed by atoms with van der Waals surface area (Å²) < 4.78 is 38.9. The number of amides is 2. The average Bonchev–Trinajstić information content (AvgIpc) is 2.83. The van der Waals surface area contributed by atoms with E-state index in [9.17, 15) is 22.4 Å². The van der Waals surface area contributed by atoms with Crippen LogP contribution in [0, 0.1) is 5.82 Å². The summed E-state index contributed by atoms with van der Waals surface area (Å²) in [5, 5.41) is 0. The number of benzene rings is 1. The number of hydrogen-bond acceptors (Lipinski definition) is 4. The van der Waals surface area contributed by atoms with Gasteiger partial charge in [0, 0.05) is 32.5 Å². The van der Waals surface area contributed by atoms with E-state index in [2.05, 4.69) is 0 Å². The molecule has 2 rings (SSSR count). The summed E-state index contributed by atoms with van der Waals surface area (Å²) in [6.07, 6.45) is 0.279. The molecule has 23 heavy (non-hydrogen) atoms. The van der Waals surface area contributed by atoms with Crippen LogP contribution in [-0.4, -0.2) is 48.8 Å². The minimum atomic E-state index is -3.66. The number of rotatable bonds is 6. The highest BCUT2D eigenvalue weighted by Crippen LogP contribution is 2.22. The lowest BCUT2D eigenvalue weighted by atomic mass is 10.1. The van der Waals surface area contributed by atoms with E-state index in [1.807, 2.05) is 0 Å². The van der Waals surface area contributed by atoms with Crippen molar-refractivity contribution in [3.8, 4) is 0 Å². The maximum absolute atomic E-state index is 13.0. The van der Waals surface area contributed by atoms with Crippen LogP contribution in [0.3, 0.4) is 0 Å². The van der Waals surface area contributed by atoms with Gasteiger partial charge in [0.25, 0.3) is 0 Å². The molecule has 0 aromatic heterocycles. The fourth-order valence-corrected chi connectivity index (χ4v) is 3.72. The van der Waals surface area contributed by atoms with Crippen LogP contribution in [0.4, 0.5) is 4.39 Å². The number of imide groups is 1. The van der Waals surface area contributed by atoms with Crippen molar-refractivity contribution in [2.75, 3.05) is 19.3 Å². The lowest BCUT2D eigenvalue weighted by molar-refractivity contribution is -0.137. The van der Waals surface area contributed by atoms with Gasteiger partial charge in [-0.1, -0.05) is 12.1 Å². The van der Waals surface area contributed by atoms with Gasteiger partial charge in [-0.15, -0.1) is 0 Å². The predicted molar refractivity (Wildman–Crippen MR) is 82.3 cm³/mol. The van der Waals surface area contributed by atoms with Gasteiger partial charge in [0.15, 0.2) is 0 Å². The van der Waals surface area contributed by atoms with Gasteiger partial charge in [-0.25, -0.2) is 12.8 Å². The number of carbonyl (C=O) groups is 2. The first-order chi connectivity index (χ1) is 10.7. The molecule has 8 heteroatoms. The van der Waals surface area contributed by atoms with E-state index >= 15 is 0 Å².